The fourth-order valence-corrected chi connectivity index (χ4v) is 1.59. The predicted octanol–water partition coefficient (Wildman–Crippen LogP) is 1.70. The Kier molecular flexibility index (Phi) is 7.78. The van der Waals surface area contributed by atoms with Crippen molar-refractivity contribution in [2.75, 3.05) is 13.1 Å². The average molecular weight is 302 g/mol. The number of carbonyl (C=O) groups excluding carboxylic acids is 2. The summed E-state index contributed by atoms with van der Waals surface area (Å²) in [6, 6.07) is 3.28. The van der Waals surface area contributed by atoms with E-state index < -0.39 is 0 Å². The standard InChI is InChI=1S/C14H18N6O2/c1-2-13(21)16-7-3-4-8-17-14(22)11-5-6-12(18-9-11)10-19-20-15/h2,5-6,9H,1,3-4,7-8,10H2,(H,16,21)(H,17,22). The molecule has 1 rings (SSSR count). The van der Waals surface area contributed by atoms with Crippen molar-refractivity contribution in [3.05, 3.63) is 52.7 Å². The number of carbonyl (C=O) groups is 2. The number of rotatable bonds is 9. The molecule has 1 aromatic heterocycles. The van der Waals surface area contributed by atoms with E-state index in [0.29, 0.717) is 24.3 Å². The first-order valence-corrected chi connectivity index (χ1v) is 6.81. The van der Waals surface area contributed by atoms with Crippen LogP contribution in [-0.4, -0.2) is 29.9 Å². The van der Waals surface area contributed by atoms with Gasteiger partial charge in [-0.1, -0.05) is 11.7 Å². The van der Waals surface area contributed by atoms with Crippen molar-refractivity contribution in [3.8, 4) is 0 Å². The predicted molar refractivity (Wildman–Crippen MR) is 81.9 cm³/mol. The summed E-state index contributed by atoms with van der Waals surface area (Å²) in [6.45, 7) is 4.59. The lowest BCUT2D eigenvalue weighted by Crippen LogP contribution is -2.26. The molecule has 0 aliphatic rings. The number of hydrogen-bond donors (Lipinski definition) is 2. The summed E-state index contributed by atoms with van der Waals surface area (Å²) in [5, 5.41) is 8.83. The van der Waals surface area contributed by atoms with E-state index in [1.54, 1.807) is 12.1 Å². The van der Waals surface area contributed by atoms with Gasteiger partial charge in [0.1, 0.15) is 0 Å². The monoisotopic (exact) mass is 302 g/mol. The molecule has 0 unspecified atom stereocenters. The second-order valence-electron chi connectivity index (χ2n) is 4.39. The van der Waals surface area contributed by atoms with Crippen LogP contribution in [0.4, 0.5) is 0 Å². The molecule has 1 heterocycles. The Morgan fingerprint density at radius 2 is 2.05 bits per heavy atom. The largest absolute Gasteiger partial charge is 0.353 e. The fraction of sp³-hybridized carbons (Fsp3) is 0.357. The summed E-state index contributed by atoms with van der Waals surface area (Å²) in [5.74, 6) is -0.408. The molecule has 0 atom stereocenters. The third-order valence-electron chi connectivity index (χ3n) is 2.76. The second kappa shape index (κ2) is 9.95. The van der Waals surface area contributed by atoms with E-state index in [1.807, 2.05) is 0 Å². The summed E-state index contributed by atoms with van der Waals surface area (Å²) >= 11 is 0. The number of amides is 2. The van der Waals surface area contributed by atoms with E-state index in [9.17, 15) is 9.59 Å². The molecule has 0 radical (unpaired) electrons. The molecule has 0 aliphatic heterocycles. The number of hydrogen-bond acceptors (Lipinski definition) is 4. The average Bonchev–Trinajstić information content (AvgIpc) is 2.56. The Morgan fingerprint density at radius 1 is 1.32 bits per heavy atom. The maximum absolute atomic E-state index is 11.8. The maximum Gasteiger partial charge on any atom is 0.252 e. The highest BCUT2D eigenvalue weighted by Crippen LogP contribution is 2.02. The molecule has 0 spiro atoms. The second-order valence-corrected chi connectivity index (χ2v) is 4.39. The highest BCUT2D eigenvalue weighted by atomic mass is 16.2. The van der Waals surface area contributed by atoms with Gasteiger partial charge in [-0.25, -0.2) is 0 Å². The van der Waals surface area contributed by atoms with Crippen molar-refractivity contribution in [1.29, 1.82) is 0 Å². The molecule has 1 aromatic rings. The van der Waals surface area contributed by atoms with Gasteiger partial charge in [0.25, 0.3) is 5.91 Å². The van der Waals surface area contributed by atoms with E-state index in [1.165, 1.54) is 12.3 Å². The van der Waals surface area contributed by atoms with Crippen LogP contribution >= 0.6 is 0 Å². The van der Waals surface area contributed by atoms with Gasteiger partial charge < -0.3 is 10.6 Å². The molecule has 0 fully saturated rings. The van der Waals surface area contributed by atoms with Crippen LogP contribution < -0.4 is 10.6 Å². The van der Waals surface area contributed by atoms with Crippen LogP contribution in [0.3, 0.4) is 0 Å². The first-order valence-electron chi connectivity index (χ1n) is 6.81. The lowest BCUT2D eigenvalue weighted by molar-refractivity contribution is -0.116. The number of nitrogens with one attached hydrogen (secondary N) is 2. The van der Waals surface area contributed by atoms with Gasteiger partial charge in [0, 0.05) is 29.9 Å². The maximum atomic E-state index is 11.8. The molecular formula is C14H18N6O2. The number of unbranched alkanes of at least 4 members (excludes halogenated alkanes) is 1. The Morgan fingerprint density at radius 3 is 2.64 bits per heavy atom. The van der Waals surface area contributed by atoms with Gasteiger partial charge in [0.2, 0.25) is 5.91 Å². The fourth-order valence-electron chi connectivity index (χ4n) is 1.59. The van der Waals surface area contributed by atoms with Crippen LogP contribution in [-0.2, 0) is 11.3 Å². The van der Waals surface area contributed by atoms with E-state index in [0.717, 1.165) is 12.8 Å². The third-order valence-corrected chi connectivity index (χ3v) is 2.76. The Hall–Kier alpha value is -2.86. The molecule has 2 amide bonds. The minimum absolute atomic E-state index is 0.162. The molecule has 2 N–H and O–H groups in total. The third kappa shape index (κ3) is 6.53. The molecule has 116 valence electrons. The zero-order chi connectivity index (χ0) is 16.2. The normalized spacial score (nSPS) is 9.45. The van der Waals surface area contributed by atoms with Gasteiger partial charge in [-0.15, -0.1) is 0 Å². The van der Waals surface area contributed by atoms with Crippen molar-refractivity contribution in [1.82, 2.24) is 15.6 Å². The number of aromatic nitrogens is 1. The zero-order valence-corrected chi connectivity index (χ0v) is 12.2. The summed E-state index contributed by atoms with van der Waals surface area (Å²) in [7, 11) is 0. The van der Waals surface area contributed by atoms with Gasteiger partial charge in [-0.2, -0.15) is 0 Å². The summed E-state index contributed by atoms with van der Waals surface area (Å²) in [5.41, 5.74) is 9.26. The van der Waals surface area contributed by atoms with E-state index in [-0.39, 0.29) is 18.4 Å². The number of pyridine rings is 1. The number of azide groups is 1. The molecule has 8 nitrogen and oxygen atoms in total. The van der Waals surface area contributed by atoms with Gasteiger partial charge >= 0.3 is 0 Å². The van der Waals surface area contributed by atoms with Crippen molar-refractivity contribution >= 4 is 11.8 Å². The van der Waals surface area contributed by atoms with Gasteiger partial charge in [0.15, 0.2) is 0 Å². The highest BCUT2D eigenvalue weighted by Gasteiger charge is 2.05. The molecule has 0 saturated heterocycles. The van der Waals surface area contributed by atoms with Crippen LogP contribution in [0.15, 0.2) is 36.1 Å². The summed E-state index contributed by atoms with van der Waals surface area (Å²) in [6.07, 6.45) is 4.19. The van der Waals surface area contributed by atoms with Crippen LogP contribution in [0.5, 0.6) is 0 Å². The van der Waals surface area contributed by atoms with E-state index >= 15 is 0 Å². The lowest BCUT2D eigenvalue weighted by atomic mass is 10.2. The molecule has 22 heavy (non-hydrogen) atoms. The van der Waals surface area contributed by atoms with Gasteiger partial charge in [-0.3, -0.25) is 14.6 Å². The van der Waals surface area contributed by atoms with Crippen LogP contribution in [0.25, 0.3) is 10.4 Å². The van der Waals surface area contributed by atoms with Crippen molar-refractivity contribution < 1.29 is 9.59 Å². The first kappa shape index (κ1) is 17.2. The quantitative estimate of drug-likeness (QED) is 0.237. The van der Waals surface area contributed by atoms with Crippen molar-refractivity contribution in [2.24, 2.45) is 5.11 Å². The topological polar surface area (TPSA) is 120 Å². The van der Waals surface area contributed by atoms with Gasteiger partial charge in [-0.05, 0) is 36.6 Å². The molecular weight excluding hydrogens is 284 g/mol. The van der Waals surface area contributed by atoms with Crippen molar-refractivity contribution in [3.63, 3.8) is 0 Å². The number of nitrogens with zero attached hydrogens (tertiary/aromatic N) is 4. The summed E-state index contributed by atoms with van der Waals surface area (Å²) < 4.78 is 0. The minimum Gasteiger partial charge on any atom is -0.353 e. The van der Waals surface area contributed by atoms with E-state index in [4.69, 9.17) is 5.53 Å². The smallest absolute Gasteiger partial charge is 0.252 e. The minimum atomic E-state index is -0.210. The van der Waals surface area contributed by atoms with Crippen LogP contribution in [0.2, 0.25) is 0 Å². The SMILES string of the molecule is C=CC(=O)NCCCCNC(=O)c1ccc(CN=[N+]=[N-])nc1. The van der Waals surface area contributed by atoms with Crippen LogP contribution in [0.1, 0.15) is 28.9 Å². The zero-order valence-electron chi connectivity index (χ0n) is 12.2. The molecule has 0 aromatic carbocycles. The summed E-state index contributed by atoms with van der Waals surface area (Å²) in [4.78, 5) is 29.4. The van der Waals surface area contributed by atoms with Crippen molar-refractivity contribution in [2.45, 2.75) is 19.4 Å². The lowest BCUT2D eigenvalue weighted by Gasteiger charge is -2.06. The molecule has 0 aliphatic carbocycles. The Balaban J connectivity index is 2.26. The Bertz CT molecular complexity index is 563. The van der Waals surface area contributed by atoms with E-state index in [2.05, 4.69) is 32.2 Å². The molecule has 0 bridgehead atoms. The Labute approximate surface area is 128 Å². The highest BCUT2D eigenvalue weighted by molar-refractivity contribution is 5.93. The first-order chi connectivity index (χ1) is 10.7. The van der Waals surface area contributed by atoms with Crippen LogP contribution in [0, 0.1) is 0 Å². The van der Waals surface area contributed by atoms with Gasteiger partial charge in [0.05, 0.1) is 12.1 Å². The molecule has 8 heteroatoms. The molecule has 0 saturated carbocycles.